The van der Waals surface area contributed by atoms with Gasteiger partial charge >= 0.3 is 0 Å². The highest BCUT2D eigenvalue weighted by molar-refractivity contribution is 9.10. The first-order chi connectivity index (χ1) is 11.6. The number of halogens is 1. The van der Waals surface area contributed by atoms with E-state index >= 15 is 0 Å². The summed E-state index contributed by atoms with van der Waals surface area (Å²) in [6.45, 7) is 0. The molecule has 0 radical (unpaired) electrons. The van der Waals surface area contributed by atoms with Crippen molar-refractivity contribution in [2.75, 3.05) is 12.5 Å². The SMILES string of the molecule is COc1cc(Br)cc2cc(C(N)=S)/c(=N/Nc3ccccc3)oc12. The van der Waals surface area contributed by atoms with Gasteiger partial charge in [-0.2, -0.15) is 0 Å². The molecular weight excluding hydrogens is 390 g/mol. The summed E-state index contributed by atoms with van der Waals surface area (Å²) >= 11 is 8.57. The van der Waals surface area contributed by atoms with Gasteiger partial charge in [0.05, 0.1) is 18.4 Å². The standard InChI is InChI=1S/C17H14BrN3O2S/c1-22-14-9-11(18)7-10-8-13(16(19)24)17(23-15(10)14)21-20-12-5-3-2-4-6-12/h2-9,20H,1H3,(H2,19,24)/b21-17-. The highest BCUT2D eigenvalue weighted by Gasteiger charge is 2.11. The lowest BCUT2D eigenvalue weighted by Crippen LogP contribution is -2.22. The summed E-state index contributed by atoms with van der Waals surface area (Å²) < 4.78 is 12.2. The lowest BCUT2D eigenvalue weighted by molar-refractivity contribution is 0.405. The van der Waals surface area contributed by atoms with Crippen LogP contribution in [0.5, 0.6) is 5.75 Å². The summed E-state index contributed by atoms with van der Waals surface area (Å²) in [5.74, 6) is 0.588. The zero-order valence-corrected chi connectivity index (χ0v) is 15.1. The molecule has 5 nitrogen and oxygen atoms in total. The van der Waals surface area contributed by atoms with Crippen LogP contribution in [0.1, 0.15) is 5.56 Å². The topological polar surface area (TPSA) is 72.8 Å². The maximum absolute atomic E-state index is 5.91. The van der Waals surface area contributed by atoms with Crippen molar-refractivity contribution in [3.8, 4) is 5.75 Å². The third-order valence-electron chi connectivity index (χ3n) is 3.32. The Bertz CT molecular complexity index is 971. The third-order valence-corrected chi connectivity index (χ3v) is 4.00. The fraction of sp³-hybridized carbons (Fsp3) is 0.0588. The zero-order chi connectivity index (χ0) is 17.1. The van der Waals surface area contributed by atoms with E-state index in [0.29, 0.717) is 22.5 Å². The first-order valence-electron chi connectivity index (χ1n) is 7.04. The third kappa shape index (κ3) is 3.42. The molecule has 7 heteroatoms. The zero-order valence-electron chi connectivity index (χ0n) is 12.7. The minimum Gasteiger partial charge on any atom is -0.493 e. The highest BCUT2D eigenvalue weighted by Crippen LogP contribution is 2.29. The van der Waals surface area contributed by atoms with Crippen molar-refractivity contribution in [2.45, 2.75) is 0 Å². The number of hydrogen-bond acceptors (Lipinski definition) is 5. The Morgan fingerprint density at radius 1 is 1.25 bits per heavy atom. The Balaban J connectivity index is 2.19. The average molecular weight is 404 g/mol. The number of benzene rings is 2. The monoisotopic (exact) mass is 403 g/mol. The molecule has 0 aliphatic heterocycles. The normalized spacial score (nSPS) is 11.5. The van der Waals surface area contributed by atoms with Crippen molar-refractivity contribution in [1.29, 1.82) is 0 Å². The van der Waals surface area contributed by atoms with Crippen LogP contribution >= 0.6 is 28.1 Å². The van der Waals surface area contributed by atoms with Crippen molar-refractivity contribution in [3.05, 3.63) is 64.1 Å². The fourth-order valence-electron chi connectivity index (χ4n) is 2.21. The Morgan fingerprint density at radius 3 is 2.67 bits per heavy atom. The van der Waals surface area contributed by atoms with E-state index in [1.54, 1.807) is 7.11 Å². The summed E-state index contributed by atoms with van der Waals surface area (Å²) in [7, 11) is 1.58. The Hall–Kier alpha value is -2.38. The van der Waals surface area contributed by atoms with E-state index in [0.717, 1.165) is 15.5 Å². The fourth-order valence-corrected chi connectivity index (χ4v) is 2.81. The second kappa shape index (κ2) is 7.02. The minimum absolute atomic E-state index is 0.202. The maximum atomic E-state index is 5.91. The number of fused-ring (bicyclic) bond motifs is 1. The predicted octanol–water partition coefficient (Wildman–Crippen LogP) is 3.77. The summed E-state index contributed by atoms with van der Waals surface area (Å²) in [5.41, 5.74) is 11.0. The van der Waals surface area contributed by atoms with Crippen LogP contribution in [0.4, 0.5) is 5.69 Å². The molecule has 0 aliphatic carbocycles. The van der Waals surface area contributed by atoms with E-state index in [1.165, 1.54) is 0 Å². The van der Waals surface area contributed by atoms with Crippen LogP contribution in [0.25, 0.3) is 11.0 Å². The van der Waals surface area contributed by atoms with Gasteiger partial charge in [0.2, 0.25) is 5.55 Å². The molecule has 3 aromatic rings. The van der Waals surface area contributed by atoms with Gasteiger partial charge in [-0.3, -0.25) is 5.43 Å². The van der Waals surface area contributed by atoms with Crippen LogP contribution in [-0.2, 0) is 0 Å². The smallest absolute Gasteiger partial charge is 0.246 e. The summed E-state index contributed by atoms with van der Waals surface area (Å²) in [4.78, 5) is 0.202. The van der Waals surface area contributed by atoms with Crippen molar-refractivity contribution in [3.63, 3.8) is 0 Å². The number of para-hydroxylation sites is 1. The number of nitrogens with zero attached hydrogens (tertiary/aromatic N) is 1. The average Bonchev–Trinajstić information content (AvgIpc) is 2.59. The van der Waals surface area contributed by atoms with Crippen LogP contribution in [0.2, 0.25) is 0 Å². The van der Waals surface area contributed by atoms with Crippen LogP contribution < -0.4 is 21.5 Å². The largest absolute Gasteiger partial charge is 0.493 e. The molecule has 1 aromatic heterocycles. The quantitative estimate of drug-likeness (QED) is 0.512. The molecule has 0 spiro atoms. The highest BCUT2D eigenvalue weighted by atomic mass is 79.9. The van der Waals surface area contributed by atoms with E-state index in [9.17, 15) is 0 Å². The number of nitrogens with two attached hydrogens (primary N) is 1. The number of thiocarbonyl (C=S) groups is 1. The van der Waals surface area contributed by atoms with Gasteiger partial charge in [-0.25, -0.2) is 0 Å². The molecule has 0 bridgehead atoms. The Labute approximate surface area is 152 Å². The summed E-state index contributed by atoms with van der Waals surface area (Å²) in [5, 5.41) is 5.10. The van der Waals surface area contributed by atoms with Gasteiger partial charge in [0.25, 0.3) is 0 Å². The molecule has 0 saturated heterocycles. The molecule has 0 aliphatic rings. The molecule has 122 valence electrons. The first kappa shape index (κ1) is 16.5. The number of methoxy groups -OCH3 is 1. The Kier molecular flexibility index (Phi) is 4.82. The minimum atomic E-state index is 0.202. The van der Waals surface area contributed by atoms with Gasteiger partial charge in [-0.1, -0.05) is 46.3 Å². The molecule has 0 unspecified atom stereocenters. The van der Waals surface area contributed by atoms with Crippen molar-refractivity contribution in [1.82, 2.24) is 0 Å². The lowest BCUT2D eigenvalue weighted by Gasteiger charge is -2.08. The molecule has 2 aromatic carbocycles. The number of rotatable bonds is 4. The predicted molar refractivity (Wildman–Crippen MR) is 102 cm³/mol. The second-order valence-corrected chi connectivity index (χ2v) is 6.30. The van der Waals surface area contributed by atoms with Crippen molar-refractivity contribution >= 4 is 49.8 Å². The second-order valence-electron chi connectivity index (χ2n) is 4.95. The van der Waals surface area contributed by atoms with Crippen LogP contribution in [0, 0.1) is 0 Å². The van der Waals surface area contributed by atoms with E-state index in [1.807, 2.05) is 48.5 Å². The van der Waals surface area contributed by atoms with Gasteiger partial charge in [0, 0.05) is 9.86 Å². The van der Waals surface area contributed by atoms with Gasteiger partial charge in [0.15, 0.2) is 11.3 Å². The van der Waals surface area contributed by atoms with Gasteiger partial charge < -0.3 is 14.9 Å². The van der Waals surface area contributed by atoms with Crippen LogP contribution in [0.15, 0.2) is 62.5 Å². The molecule has 0 atom stereocenters. The summed E-state index contributed by atoms with van der Waals surface area (Å²) in [6.07, 6.45) is 0. The van der Waals surface area contributed by atoms with Crippen LogP contribution in [-0.4, -0.2) is 12.1 Å². The van der Waals surface area contributed by atoms with Gasteiger partial charge in [-0.15, -0.1) is 5.10 Å². The molecule has 3 rings (SSSR count). The first-order valence-corrected chi connectivity index (χ1v) is 8.24. The van der Waals surface area contributed by atoms with E-state index in [4.69, 9.17) is 27.1 Å². The number of ether oxygens (including phenoxy) is 1. The van der Waals surface area contributed by atoms with Gasteiger partial charge in [0.1, 0.15) is 4.99 Å². The van der Waals surface area contributed by atoms with Crippen molar-refractivity contribution < 1.29 is 9.15 Å². The molecule has 3 N–H and O–H groups in total. The van der Waals surface area contributed by atoms with Crippen molar-refractivity contribution in [2.24, 2.45) is 10.8 Å². The van der Waals surface area contributed by atoms with Gasteiger partial charge in [-0.05, 0) is 30.3 Å². The number of nitrogens with one attached hydrogen (secondary N) is 1. The number of anilines is 1. The van der Waals surface area contributed by atoms with E-state index < -0.39 is 0 Å². The number of hydrogen-bond donors (Lipinski definition) is 2. The molecular formula is C17H14BrN3O2S. The lowest BCUT2D eigenvalue weighted by atomic mass is 10.1. The molecule has 0 fully saturated rings. The molecule has 24 heavy (non-hydrogen) atoms. The molecule has 1 heterocycles. The molecule has 0 amide bonds. The van der Waals surface area contributed by atoms with E-state index in [2.05, 4.69) is 26.5 Å². The van der Waals surface area contributed by atoms with E-state index in [-0.39, 0.29) is 4.99 Å². The molecule has 0 saturated carbocycles. The maximum Gasteiger partial charge on any atom is 0.246 e. The summed E-state index contributed by atoms with van der Waals surface area (Å²) in [6, 6.07) is 15.1. The van der Waals surface area contributed by atoms with Crippen LogP contribution in [0.3, 0.4) is 0 Å². The Morgan fingerprint density at radius 2 is 2.00 bits per heavy atom.